The van der Waals surface area contributed by atoms with E-state index < -0.39 is 0 Å². The average Bonchev–Trinajstić information content (AvgIpc) is 2.64. The van der Waals surface area contributed by atoms with Crippen LogP contribution in [0, 0.1) is 0 Å². The summed E-state index contributed by atoms with van der Waals surface area (Å²) in [6.07, 6.45) is 7.73. The highest BCUT2D eigenvalue weighted by molar-refractivity contribution is 5.85. The Labute approximate surface area is 157 Å². The molecule has 1 N–H and O–H groups in total. The fourth-order valence-electron chi connectivity index (χ4n) is 2.71. The number of benzene rings is 2. The topological polar surface area (TPSA) is 41.8 Å². The number of phenols is 1. The van der Waals surface area contributed by atoms with Gasteiger partial charge in [-0.25, -0.2) is 0 Å². The minimum absolute atomic E-state index is 0.191. The molecule has 0 amide bonds. The van der Waals surface area contributed by atoms with Crippen LogP contribution in [0.25, 0.3) is 0 Å². The molecule has 0 saturated heterocycles. The molecule has 2 aromatic rings. The van der Waals surface area contributed by atoms with Gasteiger partial charge in [-0.15, -0.1) is 0 Å². The molecule has 0 spiro atoms. The summed E-state index contributed by atoms with van der Waals surface area (Å²) >= 11 is 0. The zero-order valence-corrected chi connectivity index (χ0v) is 16.2. The van der Waals surface area contributed by atoms with Gasteiger partial charge in [-0.2, -0.15) is 0 Å². The number of rotatable bonds is 10. The molecular weight excluding hydrogens is 322 g/mol. The van der Waals surface area contributed by atoms with Crippen molar-refractivity contribution in [3.63, 3.8) is 0 Å². The lowest BCUT2D eigenvalue weighted by atomic mass is 10.0. The van der Waals surface area contributed by atoms with E-state index in [1.807, 2.05) is 24.3 Å². The van der Waals surface area contributed by atoms with Crippen molar-refractivity contribution < 1.29 is 9.84 Å². The van der Waals surface area contributed by atoms with E-state index in [1.54, 1.807) is 12.3 Å². The number of nitrogens with zero attached hydrogens (tertiary/aromatic N) is 1. The predicted molar refractivity (Wildman–Crippen MR) is 110 cm³/mol. The molecule has 0 aliphatic carbocycles. The summed E-state index contributed by atoms with van der Waals surface area (Å²) < 4.78 is 5.72. The molecule has 0 aromatic heterocycles. The first-order valence-electron chi connectivity index (χ1n) is 9.70. The summed E-state index contributed by atoms with van der Waals surface area (Å²) in [6, 6.07) is 13.6. The number of unbranched alkanes of at least 4 members (excludes halogenated alkanes) is 4. The molecule has 2 rings (SSSR count). The van der Waals surface area contributed by atoms with Gasteiger partial charge in [0.05, 0.1) is 12.3 Å². The van der Waals surface area contributed by atoms with Crippen LogP contribution < -0.4 is 4.74 Å². The summed E-state index contributed by atoms with van der Waals surface area (Å²) in [4.78, 5) is 4.45. The third-order valence-corrected chi connectivity index (χ3v) is 4.43. The third kappa shape index (κ3) is 6.55. The zero-order valence-electron chi connectivity index (χ0n) is 16.2. The quantitative estimate of drug-likeness (QED) is 0.385. The van der Waals surface area contributed by atoms with Crippen LogP contribution in [0.2, 0.25) is 0 Å². The van der Waals surface area contributed by atoms with Gasteiger partial charge >= 0.3 is 0 Å². The molecule has 0 radical (unpaired) electrons. The maximum absolute atomic E-state index is 10.2. The van der Waals surface area contributed by atoms with Crippen molar-refractivity contribution in [1.29, 1.82) is 0 Å². The molecule has 0 fully saturated rings. The van der Waals surface area contributed by atoms with E-state index in [2.05, 4.69) is 37.9 Å². The Morgan fingerprint density at radius 1 is 1.00 bits per heavy atom. The van der Waals surface area contributed by atoms with Crippen LogP contribution in [-0.4, -0.2) is 17.9 Å². The van der Waals surface area contributed by atoms with Crippen LogP contribution in [0.5, 0.6) is 11.5 Å². The average molecular weight is 354 g/mol. The lowest BCUT2D eigenvalue weighted by Gasteiger charge is -2.08. The number of aromatic hydroxyl groups is 1. The van der Waals surface area contributed by atoms with Gasteiger partial charge in [-0.05, 0) is 42.2 Å². The fraction of sp³-hybridized carbons (Fsp3) is 0.435. The van der Waals surface area contributed by atoms with Gasteiger partial charge in [0.1, 0.15) is 11.5 Å². The summed E-state index contributed by atoms with van der Waals surface area (Å²) in [5.41, 5.74) is 2.86. The molecule has 0 atom stereocenters. The number of ether oxygens (including phenoxy) is 1. The van der Waals surface area contributed by atoms with E-state index in [1.165, 1.54) is 31.2 Å². The number of hydrogen-bond donors (Lipinski definition) is 1. The van der Waals surface area contributed by atoms with E-state index in [0.717, 1.165) is 12.1 Å². The normalized spacial score (nSPS) is 11.4. The molecule has 0 unspecified atom stereocenters. The van der Waals surface area contributed by atoms with E-state index >= 15 is 0 Å². The van der Waals surface area contributed by atoms with Crippen molar-refractivity contribution in [1.82, 2.24) is 0 Å². The van der Waals surface area contributed by atoms with Crippen molar-refractivity contribution in [2.75, 3.05) is 6.61 Å². The van der Waals surface area contributed by atoms with Gasteiger partial charge in [0.2, 0.25) is 0 Å². The lowest BCUT2D eigenvalue weighted by molar-refractivity contribution is 0.303. The molecule has 0 saturated carbocycles. The number of hydrogen-bond acceptors (Lipinski definition) is 3. The lowest BCUT2D eigenvalue weighted by Crippen LogP contribution is -1.97. The first-order chi connectivity index (χ1) is 12.6. The van der Waals surface area contributed by atoms with Crippen LogP contribution in [0.4, 0.5) is 5.69 Å². The standard InChI is InChI=1S/C23H31NO2/c1-4-5-6-7-8-15-26-22-14-11-20(23(25)16-22)17-24-21-12-9-19(10-13-21)18(2)3/h9-14,16-18,25H,4-8,15H2,1-3H3. The van der Waals surface area contributed by atoms with Crippen LogP contribution in [0.1, 0.15) is 69.9 Å². The van der Waals surface area contributed by atoms with Crippen molar-refractivity contribution in [3.05, 3.63) is 53.6 Å². The van der Waals surface area contributed by atoms with Crippen molar-refractivity contribution in [2.24, 2.45) is 4.99 Å². The Morgan fingerprint density at radius 3 is 2.38 bits per heavy atom. The molecular formula is C23H31NO2. The van der Waals surface area contributed by atoms with E-state index in [-0.39, 0.29) is 5.75 Å². The molecule has 0 aliphatic heterocycles. The Balaban J connectivity index is 1.88. The first-order valence-corrected chi connectivity index (χ1v) is 9.70. The zero-order chi connectivity index (χ0) is 18.8. The summed E-state index contributed by atoms with van der Waals surface area (Å²) in [6.45, 7) is 7.25. The van der Waals surface area contributed by atoms with Gasteiger partial charge in [-0.1, -0.05) is 58.6 Å². The minimum Gasteiger partial charge on any atom is -0.507 e. The van der Waals surface area contributed by atoms with E-state index in [4.69, 9.17) is 4.74 Å². The maximum atomic E-state index is 10.2. The summed E-state index contributed by atoms with van der Waals surface area (Å²) in [5.74, 6) is 1.41. The molecule has 0 bridgehead atoms. The van der Waals surface area contributed by atoms with Crippen LogP contribution in [-0.2, 0) is 0 Å². The Hall–Kier alpha value is -2.29. The molecule has 0 aliphatic rings. The molecule has 26 heavy (non-hydrogen) atoms. The summed E-state index contributed by atoms with van der Waals surface area (Å²) in [7, 11) is 0. The molecule has 3 nitrogen and oxygen atoms in total. The van der Waals surface area contributed by atoms with Gasteiger partial charge in [-0.3, -0.25) is 4.99 Å². The number of phenolic OH excluding ortho intramolecular Hbond substituents is 1. The second kappa shape index (κ2) is 10.6. The van der Waals surface area contributed by atoms with Gasteiger partial charge in [0.15, 0.2) is 0 Å². The fourth-order valence-corrected chi connectivity index (χ4v) is 2.71. The van der Waals surface area contributed by atoms with Crippen LogP contribution >= 0.6 is 0 Å². The third-order valence-electron chi connectivity index (χ3n) is 4.43. The summed E-state index contributed by atoms with van der Waals surface area (Å²) in [5, 5.41) is 10.2. The SMILES string of the molecule is CCCCCCCOc1ccc(C=Nc2ccc(C(C)C)cc2)c(O)c1. The highest BCUT2D eigenvalue weighted by atomic mass is 16.5. The largest absolute Gasteiger partial charge is 0.507 e. The Kier molecular flexibility index (Phi) is 8.20. The van der Waals surface area contributed by atoms with Crippen molar-refractivity contribution in [2.45, 2.75) is 58.8 Å². The van der Waals surface area contributed by atoms with Gasteiger partial charge in [0, 0.05) is 17.8 Å². The Bertz CT molecular complexity index is 690. The van der Waals surface area contributed by atoms with Gasteiger partial charge < -0.3 is 9.84 Å². The minimum atomic E-state index is 0.191. The Morgan fingerprint density at radius 2 is 1.73 bits per heavy atom. The highest BCUT2D eigenvalue weighted by Gasteiger charge is 2.02. The van der Waals surface area contributed by atoms with E-state index in [9.17, 15) is 5.11 Å². The highest BCUT2D eigenvalue weighted by Crippen LogP contribution is 2.24. The predicted octanol–water partition coefficient (Wildman–Crippen LogP) is 6.62. The molecule has 0 heterocycles. The van der Waals surface area contributed by atoms with Crippen LogP contribution in [0.15, 0.2) is 47.5 Å². The first kappa shape index (κ1) is 20.0. The number of aliphatic imine (C=N–C) groups is 1. The smallest absolute Gasteiger partial charge is 0.128 e. The molecule has 3 heteroatoms. The molecule has 140 valence electrons. The van der Waals surface area contributed by atoms with Gasteiger partial charge in [0.25, 0.3) is 0 Å². The maximum Gasteiger partial charge on any atom is 0.128 e. The second-order valence-corrected chi connectivity index (χ2v) is 6.99. The van der Waals surface area contributed by atoms with Crippen LogP contribution in [0.3, 0.4) is 0 Å². The van der Waals surface area contributed by atoms with E-state index in [0.29, 0.717) is 23.8 Å². The second-order valence-electron chi connectivity index (χ2n) is 6.99. The molecule has 2 aromatic carbocycles. The van der Waals surface area contributed by atoms with Crippen molar-refractivity contribution in [3.8, 4) is 11.5 Å². The van der Waals surface area contributed by atoms with Crippen molar-refractivity contribution >= 4 is 11.9 Å². The monoisotopic (exact) mass is 353 g/mol.